The van der Waals surface area contributed by atoms with Gasteiger partial charge in [0.15, 0.2) is 5.78 Å². The van der Waals surface area contributed by atoms with Crippen LogP contribution < -0.4 is 4.90 Å². The number of aryl methyl sites for hydroxylation is 2. The quantitative estimate of drug-likeness (QED) is 0.402. The second-order valence-corrected chi connectivity index (χ2v) is 7.69. The number of benzene rings is 2. The zero-order valence-corrected chi connectivity index (χ0v) is 18.6. The molecule has 3 aromatic rings. The molecule has 1 heterocycles. The number of amides is 1. The van der Waals surface area contributed by atoms with Gasteiger partial charge in [-0.1, -0.05) is 56.3 Å². The van der Waals surface area contributed by atoms with Gasteiger partial charge in [-0.3, -0.25) is 14.6 Å². The highest BCUT2D eigenvalue weighted by Gasteiger charge is 2.13. The Morgan fingerprint density at radius 1 is 0.903 bits per heavy atom. The van der Waals surface area contributed by atoms with E-state index in [-0.39, 0.29) is 11.7 Å². The van der Waals surface area contributed by atoms with Crippen LogP contribution in [0.25, 0.3) is 11.1 Å². The number of carbonyl (C=O) groups excluding carboxylic acids is 2. The molecule has 0 aliphatic heterocycles. The zero-order valence-electron chi connectivity index (χ0n) is 18.6. The molecule has 0 atom stereocenters. The molecule has 1 aromatic heterocycles. The fraction of sp³-hybridized carbons (Fsp3) is 0.296. The van der Waals surface area contributed by atoms with Crippen LogP contribution >= 0.6 is 0 Å². The van der Waals surface area contributed by atoms with Crippen LogP contribution in [-0.2, 0) is 11.2 Å². The lowest BCUT2D eigenvalue weighted by molar-refractivity contribution is -0.118. The summed E-state index contributed by atoms with van der Waals surface area (Å²) in [4.78, 5) is 30.9. The number of ketones is 1. The van der Waals surface area contributed by atoms with Gasteiger partial charge in [0.05, 0.1) is 0 Å². The van der Waals surface area contributed by atoms with Gasteiger partial charge in [-0.05, 0) is 54.7 Å². The second kappa shape index (κ2) is 10.7. The molecule has 0 saturated carbocycles. The lowest BCUT2D eigenvalue weighted by atomic mass is 9.99. The summed E-state index contributed by atoms with van der Waals surface area (Å²) < 4.78 is 0. The van der Waals surface area contributed by atoms with Crippen LogP contribution in [0, 0.1) is 6.92 Å². The molecule has 4 heteroatoms. The van der Waals surface area contributed by atoms with Crippen LogP contribution in [0.3, 0.4) is 0 Å². The van der Waals surface area contributed by atoms with E-state index >= 15 is 0 Å². The number of anilines is 1. The van der Waals surface area contributed by atoms with Crippen LogP contribution in [0.5, 0.6) is 0 Å². The first-order valence-corrected chi connectivity index (χ1v) is 11.0. The standard InChI is InChI=1S/C27H30N2O2/c1-4-19-29(27(31)5-2)25-15-12-23(13-16-25)22-8-10-24(11-9-22)26(30)17-14-21-7-6-18-28-20(21)3/h6-13,15-16,18H,4-5,14,17,19H2,1-3H3. The van der Waals surface area contributed by atoms with Crippen molar-refractivity contribution in [3.05, 3.63) is 83.7 Å². The number of nitrogens with zero attached hydrogens (tertiary/aromatic N) is 2. The number of hydrogen-bond acceptors (Lipinski definition) is 3. The predicted molar refractivity (Wildman–Crippen MR) is 126 cm³/mol. The Labute approximate surface area is 184 Å². The number of pyridine rings is 1. The molecular formula is C27H30N2O2. The highest BCUT2D eigenvalue weighted by atomic mass is 16.2. The Hall–Kier alpha value is -3.27. The third-order valence-electron chi connectivity index (χ3n) is 5.51. The van der Waals surface area contributed by atoms with Crippen molar-refractivity contribution in [2.24, 2.45) is 0 Å². The lowest BCUT2D eigenvalue weighted by Gasteiger charge is -2.22. The molecule has 0 N–H and O–H groups in total. The number of Topliss-reactive ketones (excluding diaryl/α,β-unsaturated/α-hetero) is 1. The van der Waals surface area contributed by atoms with Gasteiger partial charge in [0, 0.05) is 42.5 Å². The number of hydrogen-bond donors (Lipinski definition) is 0. The minimum Gasteiger partial charge on any atom is -0.312 e. The maximum atomic E-state index is 12.6. The molecule has 31 heavy (non-hydrogen) atoms. The van der Waals surface area contributed by atoms with E-state index in [0.29, 0.717) is 19.3 Å². The van der Waals surface area contributed by atoms with E-state index in [1.807, 2.05) is 79.4 Å². The van der Waals surface area contributed by atoms with Crippen molar-refractivity contribution in [3.63, 3.8) is 0 Å². The summed E-state index contributed by atoms with van der Waals surface area (Å²) in [6.45, 7) is 6.66. The topological polar surface area (TPSA) is 50.3 Å². The second-order valence-electron chi connectivity index (χ2n) is 7.69. The normalized spacial score (nSPS) is 10.7. The van der Waals surface area contributed by atoms with Crippen molar-refractivity contribution in [2.45, 2.75) is 46.5 Å². The van der Waals surface area contributed by atoms with Gasteiger partial charge in [-0.25, -0.2) is 0 Å². The average Bonchev–Trinajstić information content (AvgIpc) is 2.81. The van der Waals surface area contributed by atoms with E-state index in [4.69, 9.17) is 0 Å². The molecule has 0 aliphatic rings. The minimum absolute atomic E-state index is 0.137. The average molecular weight is 415 g/mol. The van der Waals surface area contributed by atoms with Crippen molar-refractivity contribution >= 4 is 17.4 Å². The van der Waals surface area contributed by atoms with E-state index in [9.17, 15) is 9.59 Å². The summed E-state index contributed by atoms with van der Waals surface area (Å²) in [6.07, 6.45) is 4.36. The molecule has 0 saturated heterocycles. The summed E-state index contributed by atoms with van der Waals surface area (Å²) in [5.74, 6) is 0.275. The molecule has 3 rings (SSSR count). The van der Waals surface area contributed by atoms with Gasteiger partial charge in [-0.15, -0.1) is 0 Å². The van der Waals surface area contributed by atoms with Gasteiger partial charge in [0.1, 0.15) is 0 Å². The Kier molecular flexibility index (Phi) is 7.71. The number of aromatic nitrogens is 1. The van der Waals surface area contributed by atoms with Gasteiger partial charge in [0.25, 0.3) is 0 Å². The summed E-state index contributed by atoms with van der Waals surface area (Å²) in [6, 6.07) is 19.7. The van der Waals surface area contributed by atoms with Crippen LogP contribution in [0.4, 0.5) is 5.69 Å². The number of carbonyl (C=O) groups is 2. The SMILES string of the molecule is CCCN(C(=O)CC)c1ccc(-c2ccc(C(=O)CCc3cccnc3C)cc2)cc1. The highest BCUT2D eigenvalue weighted by Crippen LogP contribution is 2.25. The molecule has 4 nitrogen and oxygen atoms in total. The Morgan fingerprint density at radius 3 is 2.13 bits per heavy atom. The molecular weight excluding hydrogens is 384 g/mol. The van der Waals surface area contributed by atoms with Crippen LogP contribution in [-0.4, -0.2) is 23.2 Å². The van der Waals surface area contributed by atoms with Crippen LogP contribution in [0.1, 0.15) is 54.7 Å². The lowest BCUT2D eigenvalue weighted by Crippen LogP contribution is -2.30. The molecule has 1 amide bonds. The maximum absolute atomic E-state index is 12.6. The highest BCUT2D eigenvalue weighted by molar-refractivity contribution is 5.96. The zero-order chi connectivity index (χ0) is 22.2. The van der Waals surface area contributed by atoms with Crippen molar-refractivity contribution < 1.29 is 9.59 Å². The Morgan fingerprint density at radius 2 is 1.55 bits per heavy atom. The molecule has 0 aliphatic carbocycles. The predicted octanol–water partition coefficient (Wildman–Crippen LogP) is 6.03. The first kappa shape index (κ1) is 22.4. The van der Waals surface area contributed by atoms with E-state index in [1.54, 1.807) is 6.20 Å². The monoisotopic (exact) mass is 414 g/mol. The van der Waals surface area contributed by atoms with Crippen molar-refractivity contribution in [1.29, 1.82) is 0 Å². The fourth-order valence-electron chi connectivity index (χ4n) is 3.67. The third kappa shape index (κ3) is 5.66. The van der Waals surface area contributed by atoms with Crippen molar-refractivity contribution in [1.82, 2.24) is 4.98 Å². The fourth-order valence-corrected chi connectivity index (χ4v) is 3.67. The molecule has 0 radical (unpaired) electrons. The van der Waals surface area contributed by atoms with Crippen LogP contribution in [0.2, 0.25) is 0 Å². The first-order valence-electron chi connectivity index (χ1n) is 11.0. The van der Waals surface area contributed by atoms with Gasteiger partial charge >= 0.3 is 0 Å². The summed E-state index contributed by atoms with van der Waals surface area (Å²) in [7, 11) is 0. The molecule has 0 fully saturated rings. The summed E-state index contributed by atoms with van der Waals surface area (Å²) in [5, 5.41) is 0. The smallest absolute Gasteiger partial charge is 0.226 e. The molecule has 160 valence electrons. The first-order chi connectivity index (χ1) is 15.0. The van der Waals surface area contributed by atoms with Crippen molar-refractivity contribution in [2.75, 3.05) is 11.4 Å². The minimum atomic E-state index is 0.137. The summed E-state index contributed by atoms with van der Waals surface area (Å²) in [5.41, 5.74) is 5.86. The van der Waals surface area contributed by atoms with Gasteiger partial charge < -0.3 is 4.90 Å². The van der Waals surface area contributed by atoms with E-state index in [0.717, 1.165) is 46.6 Å². The van der Waals surface area contributed by atoms with E-state index in [2.05, 4.69) is 11.9 Å². The molecule has 0 bridgehead atoms. The number of rotatable bonds is 9. The van der Waals surface area contributed by atoms with Crippen LogP contribution in [0.15, 0.2) is 66.9 Å². The molecule has 0 spiro atoms. The Bertz CT molecular complexity index is 1020. The molecule has 0 unspecified atom stereocenters. The van der Waals surface area contributed by atoms with Crippen molar-refractivity contribution in [3.8, 4) is 11.1 Å². The van der Waals surface area contributed by atoms with E-state index in [1.165, 1.54) is 0 Å². The third-order valence-corrected chi connectivity index (χ3v) is 5.51. The van der Waals surface area contributed by atoms with Gasteiger partial charge in [0.2, 0.25) is 5.91 Å². The molecule has 2 aromatic carbocycles. The maximum Gasteiger partial charge on any atom is 0.226 e. The Balaban J connectivity index is 1.67. The van der Waals surface area contributed by atoms with Gasteiger partial charge in [-0.2, -0.15) is 0 Å². The largest absolute Gasteiger partial charge is 0.312 e. The van der Waals surface area contributed by atoms with E-state index < -0.39 is 0 Å². The summed E-state index contributed by atoms with van der Waals surface area (Å²) >= 11 is 0.